The first-order valence-corrected chi connectivity index (χ1v) is 6.72. The molecule has 116 valence electrons. The van der Waals surface area contributed by atoms with Gasteiger partial charge in [-0.3, -0.25) is 0 Å². The van der Waals surface area contributed by atoms with Crippen LogP contribution in [0.1, 0.15) is 12.6 Å². The van der Waals surface area contributed by atoms with Gasteiger partial charge in [-0.25, -0.2) is 4.98 Å². The van der Waals surface area contributed by atoms with E-state index < -0.39 is 11.8 Å². The van der Waals surface area contributed by atoms with Crippen LogP contribution in [0, 0.1) is 6.92 Å². The van der Waals surface area contributed by atoms with Crippen molar-refractivity contribution in [2.24, 2.45) is 10.7 Å². The number of nitrogens with one attached hydrogen (secondary N) is 1. The molecular weight excluding hydrogens is 312 g/mol. The SMILES string of the molecule is Cc1cc(Nc2cccc(Cl)c2)nc(/N=C(\N)C(C)(F)F)n1. The van der Waals surface area contributed by atoms with E-state index in [1.54, 1.807) is 37.3 Å². The van der Waals surface area contributed by atoms with E-state index >= 15 is 0 Å². The summed E-state index contributed by atoms with van der Waals surface area (Å²) in [6, 6.07) is 8.66. The molecule has 0 saturated heterocycles. The molecule has 0 atom stereocenters. The molecule has 1 aromatic carbocycles. The van der Waals surface area contributed by atoms with Crippen LogP contribution >= 0.6 is 11.6 Å². The van der Waals surface area contributed by atoms with Crippen LogP contribution in [0.5, 0.6) is 0 Å². The molecule has 0 spiro atoms. The van der Waals surface area contributed by atoms with Crippen LogP contribution in [-0.2, 0) is 0 Å². The van der Waals surface area contributed by atoms with E-state index in [9.17, 15) is 8.78 Å². The van der Waals surface area contributed by atoms with Crippen molar-refractivity contribution in [1.29, 1.82) is 0 Å². The van der Waals surface area contributed by atoms with E-state index in [0.29, 0.717) is 29.1 Å². The lowest BCUT2D eigenvalue weighted by molar-refractivity contribution is 0.0990. The Morgan fingerprint density at radius 2 is 2.05 bits per heavy atom. The topological polar surface area (TPSA) is 76.2 Å². The Labute approximate surface area is 131 Å². The number of amidine groups is 1. The van der Waals surface area contributed by atoms with Gasteiger partial charge in [0, 0.05) is 29.4 Å². The average molecular weight is 326 g/mol. The largest absolute Gasteiger partial charge is 0.382 e. The number of nitrogens with zero attached hydrogens (tertiary/aromatic N) is 3. The van der Waals surface area contributed by atoms with Crippen LogP contribution in [0.15, 0.2) is 35.3 Å². The number of aromatic nitrogens is 2. The first-order valence-electron chi connectivity index (χ1n) is 6.35. The fourth-order valence-corrected chi connectivity index (χ4v) is 1.78. The Hall–Kier alpha value is -2.28. The molecule has 0 aliphatic rings. The minimum absolute atomic E-state index is 0.136. The standard InChI is InChI=1S/C14H14ClF2N5/c1-8-6-11(20-10-5-3-4-9(15)7-10)21-13(19-8)22-12(18)14(2,16)17/h3-7H,1-2H3,(H3,18,19,20,21,22). The number of aryl methyl sites for hydroxylation is 1. The molecule has 0 saturated carbocycles. The van der Waals surface area contributed by atoms with E-state index in [0.717, 1.165) is 0 Å². The highest BCUT2D eigenvalue weighted by Crippen LogP contribution is 2.21. The zero-order valence-electron chi connectivity index (χ0n) is 11.9. The number of halogens is 3. The number of hydrogen-bond donors (Lipinski definition) is 2. The summed E-state index contributed by atoms with van der Waals surface area (Å²) in [6.07, 6.45) is 0. The summed E-state index contributed by atoms with van der Waals surface area (Å²) in [5, 5.41) is 3.56. The Morgan fingerprint density at radius 1 is 1.32 bits per heavy atom. The number of hydrogen-bond acceptors (Lipinski definition) is 4. The average Bonchev–Trinajstić information content (AvgIpc) is 2.36. The highest BCUT2D eigenvalue weighted by molar-refractivity contribution is 6.30. The smallest absolute Gasteiger partial charge is 0.301 e. The van der Waals surface area contributed by atoms with E-state index in [1.807, 2.05) is 0 Å². The van der Waals surface area contributed by atoms with Gasteiger partial charge in [0.05, 0.1) is 0 Å². The molecule has 0 aliphatic carbocycles. The molecule has 5 nitrogen and oxygen atoms in total. The monoisotopic (exact) mass is 325 g/mol. The third-order valence-corrected chi connectivity index (χ3v) is 2.84. The van der Waals surface area contributed by atoms with Crippen LogP contribution in [0.25, 0.3) is 0 Å². The second-order valence-electron chi connectivity index (χ2n) is 4.72. The lowest BCUT2D eigenvalue weighted by Crippen LogP contribution is -2.32. The molecule has 0 bridgehead atoms. The summed E-state index contributed by atoms with van der Waals surface area (Å²) < 4.78 is 26.1. The second-order valence-corrected chi connectivity index (χ2v) is 5.15. The molecule has 1 heterocycles. The molecule has 1 aromatic heterocycles. The highest BCUT2D eigenvalue weighted by atomic mass is 35.5. The summed E-state index contributed by atoms with van der Waals surface area (Å²) in [4.78, 5) is 11.6. The van der Waals surface area contributed by atoms with Crippen molar-refractivity contribution < 1.29 is 8.78 Å². The van der Waals surface area contributed by atoms with Crippen LogP contribution in [0.2, 0.25) is 5.02 Å². The summed E-state index contributed by atoms with van der Waals surface area (Å²) in [5.74, 6) is -3.80. The number of anilines is 2. The van der Waals surface area contributed by atoms with Gasteiger partial charge in [0.2, 0.25) is 0 Å². The first-order chi connectivity index (χ1) is 10.2. The third-order valence-electron chi connectivity index (χ3n) is 2.61. The molecule has 0 fully saturated rings. The fourth-order valence-electron chi connectivity index (χ4n) is 1.59. The Kier molecular flexibility index (Phi) is 4.56. The number of alkyl halides is 2. The van der Waals surface area contributed by atoms with Crippen LogP contribution in [0.4, 0.5) is 26.2 Å². The summed E-state index contributed by atoms with van der Waals surface area (Å²) in [5.41, 5.74) is 6.50. The molecule has 0 amide bonds. The predicted octanol–water partition coefficient (Wildman–Crippen LogP) is 3.83. The van der Waals surface area contributed by atoms with Gasteiger partial charge in [0.25, 0.3) is 5.95 Å². The van der Waals surface area contributed by atoms with E-state index in [-0.39, 0.29) is 5.95 Å². The molecule has 2 aromatic rings. The lowest BCUT2D eigenvalue weighted by Gasteiger charge is -2.10. The number of rotatable bonds is 4. The van der Waals surface area contributed by atoms with E-state index in [2.05, 4.69) is 20.3 Å². The Morgan fingerprint density at radius 3 is 2.68 bits per heavy atom. The summed E-state index contributed by atoms with van der Waals surface area (Å²) >= 11 is 5.90. The van der Waals surface area contributed by atoms with E-state index in [1.165, 1.54) is 0 Å². The third kappa shape index (κ3) is 4.36. The van der Waals surface area contributed by atoms with Crippen molar-refractivity contribution in [3.05, 3.63) is 41.0 Å². The van der Waals surface area contributed by atoms with Crippen molar-refractivity contribution in [3.63, 3.8) is 0 Å². The number of nitrogens with two attached hydrogens (primary N) is 1. The molecule has 0 aliphatic heterocycles. The minimum Gasteiger partial charge on any atom is -0.382 e. The zero-order valence-corrected chi connectivity index (χ0v) is 12.7. The predicted molar refractivity (Wildman–Crippen MR) is 83.4 cm³/mol. The van der Waals surface area contributed by atoms with Crippen molar-refractivity contribution in [1.82, 2.24) is 9.97 Å². The quantitative estimate of drug-likeness (QED) is 0.661. The Balaban J connectivity index is 2.31. The lowest BCUT2D eigenvalue weighted by atomic mass is 10.3. The molecular formula is C14H14ClF2N5. The van der Waals surface area contributed by atoms with Gasteiger partial charge in [-0.2, -0.15) is 18.8 Å². The first kappa shape index (κ1) is 16.1. The molecule has 8 heteroatoms. The fraction of sp³-hybridized carbons (Fsp3) is 0.214. The maximum absolute atomic E-state index is 13.1. The minimum atomic E-state index is -3.23. The molecule has 3 N–H and O–H groups in total. The van der Waals surface area contributed by atoms with Gasteiger partial charge < -0.3 is 11.1 Å². The van der Waals surface area contributed by atoms with E-state index in [4.69, 9.17) is 17.3 Å². The van der Waals surface area contributed by atoms with Gasteiger partial charge in [0.1, 0.15) is 5.82 Å². The van der Waals surface area contributed by atoms with Crippen molar-refractivity contribution in [3.8, 4) is 0 Å². The van der Waals surface area contributed by atoms with Gasteiger partial charge in [-0.05, 0) is 25.1 Å². The Bertz CT molecular complexity index is 713. The number of aliphatic imine (C=N–C) groups is 1. The number of benzene rings is 1. The molecule has 22 heavy (non-hydrogen) atoms. The highest BCUT2D eigenvalue weighted by Gasteiger charge is 2.27. The van der Waals surface area contributed by atoms with Gasteiger partial charge in [-0.1, -0.05) is 17.7 Å². The summed E-state index contributed by atoms with van der Waals surface area (Å²) in [7, 11) is 0. The summed E-state index contributed by atoms with van der Waals surface area (Å²) in [6.45, 7) is 2.36. The van der Waals surface area contributed by atoms with Crippen LogP contribution < -0.4 is 11.1 Å². The van der Waals surface area contributed by atoms with Gasteiger partial charge in [-0.15, -0.1) is 0 Å². The van der Waals surface area contributed by atoms with Crippen molar-refractivity contribution >= 4 is 34.9 Å². The van der Waals surface area contributed by atoms with Crippen LogP contribution in [-0.4, -0.2) is 21.7 Å². The second kappa shape index (κ2) is 6.23. The maximum atomic E-state index is 13.1. The molecule has 2 rings (SSSR count). The van der Waals surface area contributed by atoms with Crippen molar-refractivity contribution in [2.75, 3.05) is 5.32 Å². The van der Waals surface area contributed by atoms with Gasteiger partial charge >= 0.3 is 5.92 Å². The molecule has 0 unspecified atom stereocenters. The van der Waals surface area contributed by atoms with Crippen LogP contribution in [0.3, 0.4) is 0 Å². The normalized spacial score (nSPS) is 12.3. The van der Waals surface area contributed by atoms with Gasteiger partial charge in [0.15, 0.2) is 5.84 Å². The maximum Gasteiger partial charge on any atom is 0.301 e. The molecule has 0 radical (unpaired) electrons. The van der Waals surface area contributed by atoms with Crippen molar-refractivity contribution in [2.45, 2.75) is 19.8 Å². The zero-order chi connectivity index (χ0) is 16.3.